The molecule has 3 N–H and O–H groups in total. The minimum Gasteiger partial charge on any atom is -0.379 e. The van der Waals surface area contributed by atoms with E-state index in [1.54, 1.807) is 0 Å². The Hall–Kier alpha value is -1.39. The van der Waals surface area contributed by atoms with E-state index in [2.05, 4.69) is 5.32 Å². The maximum atomic E-state index is 11.9. The number of nitrogens with one attached hydrogen (secondary N) is 1. The molecule has 1 aromatic carbocycles. The average molecular weight is 278 g/mol. The van der Waals surface area contributed by atoms with Crippen LogP contribution in [0.15, 0.2) is 24.3 Å². The fraction of sp³-hybridized carbons (Fsp3) is 0.562. The smallest absolute Gasteiger partial charge is 0.241 e. The lowest BCUT2D eigenvalue weighted by atomic mass is 10.1. The highest BCUT2D eigenvalue weighted by Crippen LogP contribution is 2.11. The van der Waals surface area contributed by atoms with Gasteiger partial charge in [-0.2, -0.15) is 0 Å². The van der Waals surface area contributed by atoms with Crippen LogP contribution in [-0.2, 0) is 9.53 Å². The summed E-state index contributed by atoms with van der Waals surface area (Å²) in [5, 5.41) is 2.86. The number of hydrogen-bond acceptors (Lipinski definition) is 3. The van der Waals surface area contributed by atoms with Gasteiger partial charge in [0.25, 0.3) is 0 Å². The standard InChI is InChI=1S/C16H26N2O2/c1-12(2)20-11-5-4-10-18-16(19)15(17)14-8-6-13(3)7-9-14/h6-9,12,15H,4-5,10-11,17H2,1-3H3,(H,18,19). The molecule has 0 heterocycles. The molecule has 0 aliphatic heterocycles. The third kappa shape index (κ3) is 6.17. The van der Waals surface area contributed by atoms with Crippen LogP contribution in [0.25, 0.3) is 0 Å². The number of aryl methyl sites for hydroxylation is 1. The lowest BCUT2D eigenvalue weighted by Gasteiger charge is -2.13. The van der Waals surface area contributed by atoms with Gasteiger partial charge in [-0.1, -0.05) is 29.8 Å². The van der Waals surface area contributed by atoms with E-state index < -0.39 is 6.04 Å². The zero-order valence-electron chi connectivity index (χ0n) is 12.7. The van der Waals surface area contributed by atoms with Gasteiger partial charge in [0.05, 0.1) is 6.10 Å². The van der Waals surface area contributed by atoms with Crippen LogP contribution in [0.5, 0.6) is 0 Å². The maximum Gasteiger partial charge on any atom is 0.241 e. The first-order valence-corrected chi connectivity index (χ1v) is 7.22. The van der Waals surface area contributed by atoms with Crippen LogP contribution < -0.4 is 11.1 Å². The van der Waals surface area contributed by atoms with Crippen molar-refractivity contribution in [3.05, 3.63) is 35.4 Å². The molecular formula is C16H26N2O2. The zero-order valence-corrected chi connectivity index (χ0v) is 12.7. The molecule has 1 unspecified atom stereocenters. The molecule has 0 fully saturated rings. The first-order valence-electron chi connectivity index (χ1n) is 7.22. The van der Waals surface area contributed by atoms with Gasteiger partial charge in [0, 0.05) is 13.2 Å². The molecule has 112 valence electrons. The van der Waals surface area contributed by atoms with Crippen LogP contribution >= 0.6 is 0 Å². The second-order valence-corrected chi connectivity index (χ2v) is 5.31. The second kappa shape index (κ2) is 8.72. The van der Waals surface area contributed by atoms with Crippen molar-refractivity contribution >= 4 is 5.91 Å². The van der Waals surface area contributed by atoms with Gasteiger partial charge in [-0.25, -0.2) is 0 Å². The molecule has 1 aromatic rings. The van der Waals surface area contributed by atoms with Gasteiger partial charge in [-0.3, -0.25) is 4.79 Å². The Balaban J connectivity index is 2.23. The molecule has 1 atom stereocenters. The first kappa shape index (κ1) is 16.7. The summed E-state index contributed by atoms with van der Waals surface area (Å²) in [6, 6.07) is 7.13. The fourth-order valence-electron chi connectivity index (χ4n) is 1.79. The Labute approximate surface area is 121 Å². The van der Waals surface area contributed by atoms with Crippen LogP contribution in [0.3, 0.4) is 0 Å². The number of carbonyl (C=O) groups excluding carboxylic acids is 1. The van der Waals surface area contributed by atoms with Crippen molar-refractivity contribution in [1.29, 1.82) is 0 Å². The summed E-state index contributed by atoms with van der Waals surface area (Å²) in [7, 11) is 0. The summed E-state index contributed by atoms with van der Waals surface area (Å²) in [4.78, 5) is 11.9. The summed E-state index contributed by atoms with van der Waals surface area (Å²) in [5.41, 5.74) is 7.94. The van der Waals surface area contributed by atoms with Gasteiger partial charge < -0.3 is 15.8 Å². The Morgan fingerprint density at radius 2 is 1.90 bits per heavy atom. The molecule has 1 amide bonds. The number of amides is 1. The number of rotatable bonds is 8. The van der Waals surface area contributed by atoms with E-state index in [-0.39, 0.29) is 12.0 Å². The van der Waals surface area contributed by atoms with E-state index in [4.69, 9.17) is 10.5 Å². The van der Waals surface area contributed by atoms with Gasteiger partial charge >= 0.3 is 0 Å². The summed E-state index contributed by atoms with van der Waals surface area (Å²) in [6.45, 7) is 7.41. The van der Waals surface area contributed by atoms with Crippen molar-refractivity contribution in [2.45, 2.75) is 45.8 Å². The van der Waals surface area contributed by atoms with E-state index in [0.29, 0.717) is 6.54 Å². The van der Waals surface area contributed by atoms with Crippen LogP contribution in [0, 0.1) is 6.92 Å². The number of nitrogens with two attached hydrogens (primary N) is 1. The summed E-state index contributed by atoms with van der Waals surface area (Å²) < 4.78 is 5.44. The van der Waals surface area contributed by atoms with Crippen molar-refractivity contribution in [3.8, 4) is 0 Å². The van der Waals surface area contributed by atoms with Gasteiger partial charge in [0.2, 0.25) is 5.91 Å². The van der Waals surface area contributed by atoms with E-state index in [9.17, 15) is 4.79 Å². The highest BCUT2D eigenvalue weighted by atomic mass is 16.5. The minimum absolute atomic E-state index is 0.126. The Bertz CT molecular complexity index is 401. The third-order valence-corrected chi connectivity index (χ3v) is 3.04. The van der Waals surface area contributed by atoms with Gasteiger partial charge in [0.1, 0.15) is 6.04 Å². The Morgan fingerprint density at radius 3 is 2.50 bits per heavy atom. The molecule has 0 spiro atoms. The van der Waals surface area contributed by atoms with Crippen molar-refractivity contribution in [1.82, 2.24) is 5.32 Å². The van der Waals surface area contributed by atoms with Crippen molar-refractivity contribution in [2.75, 3.05) is 13.2 Å². The summed E-state index contributed by atoms with van der Waals surface area (Å²) >= 11 is 0. The Kier molecular flexibility index (Phi) is 7.26. The molecule has 0 aliphatic rings. The molecule has 20 heavy (non-hydrogen) atoms. The molecule has 0 bridgehead atoms. The number of hydrogen-bond donors (Lipinski definition) is 2. The molecule has 0 radical (unpaired) electrons. The predicted octanol–water partition coefficient (Wildman–Crippen LogP) is 2.32. The van der Waals surface area contributed by atoms with Gasteiger partial charge in [-0.15, -0.1) is 0 Å². The van der Waals surface area contributed by atoms with E-state index in [0.717, 1.165) is 30.6 Å². The number of carbonyl (C=O) groups is 1. The second-order valence-electron chi connectivity index (χ2n) is 5.31. The highest BCUT2D eigenvalue weighted by molar-refractivity contribution is 5.82. The van der Waals surface area contributed by atoms with Crippen LogP contribution in [0.1, 0.15) is 43.9 Å². The third-order valence-electron chi connectivity index (χ3n) is 3.04. The SMILES string of the molecule is Cc1ccc(C(N)C(=O)NCCCCOC(C)C)cc1. The molecule has 4 heteroatoms. The zero-order chi connectivity index (χ0) is 15.0. The topological polar surface area (TPSA) is 64.4 Å². The van der Waals surface area contributed by atoms with Crippen LogP contribution in [0.4, 0.5) is 0 Å². The molecular weight excluding hydrogens is 252 g/mol. The maximum absolute atomic E-state index is 11.9. The van der Waals surface area contributed by atoms with Crippen molar-refractivity contribution in [2.24, 2.45) is 5.73 Å². The molecule has 1 rings (SSSR count). The lowest BCUT2D eigenvalue weighted by Crippen LogP contribution is -2.34. The summed E-state index contributed by atoms with van der Waals surface area (Å²) in [5.74, 6) is -0.126. The van der Waals surface area contributed by atoms with Crippen LogP contribution in [-0.4, -0.2) is 25.2 Å². The van der Waals surface area contributed by atoms with E-state index >= 15 is 0 Å². The number of unbranched alkanes of at least 4 members (excludes halogenated alkanes) is 1. The van der Waals surface area contributed by atoms with Gasteiger partial charge in [-0.05, 0) is 39.2 Å². The van der Waals surface area contributed by atoms with Crippen molar-refractivity contribution in [3.63, 3.8) is 0 Å². The molecule has 0 aromatic heterocycles. The predicted molar refractivity (Wildman–Crippen MR) is 81.4 cm³/mol. The normalized spacial score (nSPS) is 12.4. The largest absolute Gasteiger partial charge is 0.379 e. The Morgan fingerprint density at radius 1 is 1.25 bits per heavy atom. The van der Waals surface area contributed by atoms with E-state index in [1.807, 2.05) is 45.0 Å². The molecule has 0 saturated carbocycles. The van der Waals surface area contributed by atoms with Crippen molar-refractivity contribution < 1.29 is 9.53 Å². The molecule has 0 saturated heterocycles. The lowest BCUT2D eigenvalue weighted by molar-refractivity contribution is -0.122. The first-order chi connectivity index (χ1) is 9.50. The number of benzene rings is 1. The summed E-state index contributed by atoms with van der Waals surface area (Å²) in [6.07, 6.45) is 2.11. The quantitative estimate of drug-likeness (QED) is 0.717. The van der Waals surface area contributed by atoms with Gasteiger partial charge in [0.15, 0.2) is 0 Å². The molecule has 0 aliphatic carbocycles. The fourth-order valence-corrected chi connectivity index (χ4v) is 1.79. The highest BCUT2D eigenvalue weighted by Gasteiger charge is 2.14. The average Bonchev–Trinajstić information content (AvgIpc) is 2.42. The van der Waals surface area contributed by atoms with E-state index in [1.165, 1.54) is 0 Å². The minimum atomic E-state index is -0.595. The number of ether oxygens (including phenoxy) is 1. The van der Waals surface area contributed by atoms with Crippen LogP contribution in [0.2, 0.25) is 0 Å². The monoisotopic (exact) mass is 278 g/mol. The molecule has 4 nitrogen and oxygen atoms in total.